The summed E-state index contributed by atoms with van der Waals surface area (Å²) in [6.45, 7) is 10.3. The van der Waals surface area contributed by atoms with Crippen LogP contribution in [0.3, 0.4) is 0 Å². The molecule has 17 heavy (non-hydrogen) atoms. The van der Waals surface area contributed by atoms with Gasteiger partial charge in [0.05, 0.1) is 10.7 Å². The third-order valence-electron chi connectivity index (χ3n) is 2.90. The van der Waals surface area contributed by atoms with Gasteiger partial charge >= 0.3 is 0 Å². The Balaban J connectivity index is 0.00000256. The fourth-order valence-corrected chi connectivity index (χ4v) is 7.27. The van der Waals surface area contributed by atoms with Crippen LogP contribution >= 0.6 is 31.5 Å². The Bertz CT molecular complexity index is 310. The minimum absolute atomic E-state index is 0. The van der Waals surface area contributed by atoms with Gasteiger partial charge in [-0.3, -0.25) is 9.88 Å². The van der Waals surface area contributed by atoms with Gasteiger partial charge in [0.2, 0.25) is 7.37 Å². The Morgan fingerprint density at radius 2 is 1.88 bits per heavy atom. The molecule has 1 aliphatic rings. The van der Waals surface area contributed by atoms with E-state index in [-0.39, 0.29) is 27.8 Å². The van der Waals surface area contributed by atoms with Gasteiger partial charge in [-0.25, -0.2) is 0 Å². The summed E-state index contributed by atoms with van der Waals surface area (Å²) in [6, 6.07) is 0. The molecule has 2 atom stereocenters. The van der Waals surface area contributed by atoms with Gasteiger partial charge in [0.15, 0.2) is 0 Å². The fourth-order valence-electron chi connectivity index (χ4n) is 2.35. The van der Waals surface area contributed by atoms with Crippen molar-refractivity contribution in [2.45, 2.75) is 62.9 Å². The van der Waals surface area contributed by atoms with Gasteiger partial charge < -0.3 is 4.89 Å². The Morgan fingerprint density at radius 3 is 2.24 bits per heavy atom. The number of hydrogen-bond acceptors (Lipinski definition) is 3. The molecule has 1 fully saturated rings. The number of halogens is 1. The first-order chi connectivity index (χ1) is 7.11. The molecule has 6 heteroatoms. The highest BCUT2D eigenvalue weighted by molar-refractivity contribution is 8.02. The maximum Gasteiger partial charge on any atom is 0.218 e. The van der Waals surface area contributed by atoms with E-state index in [1.807, 2.05) is 6.92 Å². The van der Waals surface area contributed by atoms with Gasteiger partial charge in [-0.15, -0.1) is 24.2 Å². The standard InChI is InChI=1S/C11H24NO2PS.ClH/c1-6-7-8-15(13,14)9-10(2,3)16-11(4,5)12-9;/h9,12H,6-8H2,1-5H3,(H,13,14);1H. The van der Waals surface area contributed by atoms with E-state index in [4.69, 9.17) is 0 Å². The Morgan fingerprint density at radius 1 is 1.35 bits per heavy atom. The second-order valence-corrected chi connectivity index (χ2v) is 10.3. The zero-order chi connectivity index (χ0) is 12.6. The van der Waals surface area contributed by atoms with Gasteiger partial charge in [-0.2, -0.15) is 0 Å². The van der Waals surface area contributed by atoms with Crippen molar-refractivity contribution in [2.24, 2.45) is 0 Å². The molecule has 2 N–H and O–H groups in total. The van der Waals surface area contributed by atoms with Crippen molar-refractivity contribution >= 4 is 31.5 Å². The van der Waals surface area contributed by atoms with Crippen LogP contribution in [0.2, 0.25) is 0 Å². The zero-order valence-corrected chi connectivity index (χ0v) is 13.8. The molecule has 3 nitrogen and oxygen atoms in total. The van der Waals surface area contributed by atoms with Crippen molar-refractivity contribution in [3.8, 4) is 0 Å². The van der Waals surface area contributed by atoms with Gasteiger partial charge in [0.25, 0.3) is 0 Å². The molecule has 1 heterocycles. The molecule has 1 rings (SSSR count). The summed E-state index contributed by atoms with van der Waals surface area (Å²) >= 11 is 1.75. The monoisotopic (exact) mass is 301 g/mol. The van der Waals surface area contributed by atoms with Crippen molar-refractivity contribution in [3.05, 3.63) is 0 Å². The van der Waals surface area contributed by atoms with Gasteiger partial charge in [0, 0.05) is 10.9 Å². The van der Waals surface area contributed by atoms with Crippen molar-refractivity contribution < 1.29 is 9.46 Å². The minimum atomic E-state index is -3.09. The number of unbranched alkanes of at least 4 members (excludes halogenated alkanes) is 1. The fraction of sp³-hybridized carbons (Fsp3) is 1.00. The molecule has 0 amide bonds. The molecule has 0 radical (unpaired) electrons. The summed E-state index contributed by atoms with van der Waals surface area (Å²) in [5.74, 6) is -0.286. The lowest BCUT2D eigenvalue weighted by molar-refractivity contribution is 0.414. The second kappa shape index (κ2) is 5.83. The SMILES string of the molecule is CCCCP(=O)(O)C1NC(C)(C)SC1(C)C.Cl. The Hall–Kier alpha value is 0.790. The zero-order valence-electron chi connectivity index (χ0n) is 11.3. The quantitative estimate of drug-likeness (QED) is 0.778. The molecule has 0 aromatic heterocycles. The van der Waals surface area contributed by atoms with E-state index in [1.165, 1.54) is 0 Å². The van der Waals surface area contributed by atoms with E-state index >= 15 is 0 Å². The normalized spacial score (nSPS) is 29.4. The maximum atomic E-state index is 12.4. The first kappa shape index (κ1) is 17.8. The van der Waals surface area contributed by atoms with Crippen LogP contribution < -0.4 is 5.32 Å². The topological polar surface area (TPSA) is 49.3 Å². The van der Waals surface area contributed by atoms with Crippen LogP contribution in [-0.4, -0.2) is 26.5 Å². The molecular weight excluding hydrogens is 277 g/mol. The number of nitrogens with one attached hydrogen (secondary N) is 1. The summed E-state index contributed by atoms with van der Waals surface area (Å²) in [7, 11) is -3.09. The summed E-state index contributed by atoms with van der Waals surface area (Å²) in [5.41, 5.74) is 0. The van der Waals surface area contributed by atoms with Crippen LogP contribution in [0.1, 0.15) is 47.5 Å². The van der Waals surface area contributed by atoms with Gasteiger partial charge in [-0.1, -0.05) is 13.3 Å². The van der Waals surface area contributed by atoms with E-state index in [0.29, 0.717) is 6.16 Å². The predicted molar refractivity (Wildman–Crippen MR) is 79.5 cm³/mol. The molecule has 0 saturated carbocycles. The maximum absolute atomic E-state index is 12.4. The van der Waals surface area contributed by atoms with E-state index in [0.717, 1.165) is 12.8 Å². The summed E-state index contributed by atoms with van der Waals surface area (Å²) in [6.07, 6.45) is 2.22. The third-order valence-corrected chi connectivity index (χ3v) is 7.00. The van der Waals surface area contributed by atoms with Crippen LogP contribution in [0.15, 0.2) is 0 Å². The minimum Gasteiger partial charge on any atom is -0.343 e. The molecule has 0 spiro atoms. The van der Waals surface area contributed by atoms with E-state index in [9.17, 15) is 9.46 Å². The highest BCUT2D eigenvalue weighted by atomic mass is 35.5. The average molecular weight is 302 g/mol. The van der Waals surface area contributed by atoms with Crippen molar-refractivity contribution in [2.75, 3.05) is 6.16 Å². The predicted octanol–water partition coefficient (Wildman–Crippen LogP) is 3.66. The van der Waals surface area contributed by atoms with Crippen LogP contribution in [0.4, 0.5) is 0 Å². The van der Waals surface area contributed by atoms with E-state index in [2.05, 4.69) is 33.0 Å². The van der Waals surface area contributed by atoms with Crippen molar-refractivity contribution in [1.82, 2.24) is 5.32 Å². The number of rotatable bonds is 4. The van der Waals surface area contributed by atoms with E-state index < -0.39 is 7.37 Å². The molecule has 1 saturated heterocycles. The molecule has 0 aromatic carbocycles. The molecule has 0 aromatic rings. The summed E-state index contributed by atoms with van der Waals surface area (Å²) < 4.78 is 12.2. The Labute approximate surface area is 115 Å². The van der Waals surface area contributed by atoms with Crippen molar-refractivity contribution in [3.63, 3.8) is 0 Å². The number of thioether (sulfide) groups is 1. The second-order valence-electron chi connectivity index (χ2n) is 5.60. The molecule has 2 unspecified atom stereocenters. The molecule has 0 aliphatic carbocycles. The largest absolute Gasteiger partial charge is 0.343 e. The van der Waals surface area contributed by atoms with Crippen LogP contribution in [0.5, 0.6) is 0 Å². The van der Waals surface area contributed by atoms with E-state index in [1.54, 1.807) is 11.8 Å². The summed E-state index contributed by atoms with van der Waals surface area (Å²) in [4.78, 5) is 10.1. The van der Waals surface area contributed by atoms with Crippen LogP contribution in [-0.2, 0) is 4.57 Å². The molecule has 1 aliphatic heterocycles. The molecular formula is C11H25ClNO2PS. The van der Waals surface area contributed by atoms with Gasteiger partial charge in [-0.05, 0) is 34.1 Å². The smallest absolute Gasteiger partial charge is 0.218 e. The lowest BCUT2D eigenvalue weighted by Gasteiger charge is -2.29. The van der Waals surface area contributed by atoms with Crippen LogP contribution in [0, 0.1) is 0 Å². The lowest BCUT2D eigenvalue weighted by Crippen LogP contribution is -2.41. The summed E-state index contributed by atoms with van der Waals surface area (Å²) in [5, 5.41) is 3.32. The van der Waals surface area contributed by atoms with Crippen LogP contribution in [0.25, 0.3) is 0 Å². The molecule has 104 valence electrons. The highest BCUT2D eigenvalue weighted by Gasteiger charge is 2.52. The first-order valence-corrected chi connectivity index (χ1v) is 8.63. The number of hydrogen-bond donors (Lipinski definition) is 2. The Kier molecular flexibility index (Phi) is 6.10. The van der Waals surface area contributed by atoms with Crippen molar-refractivity contribution in [1.29, 1.82) is 0 Å². The average Bonchev–Trinajstić information content (AvgIpc) is 2.31. The third kappa shape index (κ3) is 4.43. The highest BCUT2D eigenvalue weighted by Crippen LogP contribution is 2.59. The first-order valence-electron chi connectivity index (χ1n) is 5.90. The van der Waals surface area contributed by atoms with Gasteiger partial charge in [0.1, 0.15) is 0 Å². The lowest BCUT2D eigenvalue weighted by atomic mass is 10.2. The molecule has 0 bridgehead atoms.